The van der Waals surface area contributed by atoms with Gasteiger partial charge in [0.05, 0.1) is 12.7 Å². The highest BCUT2D eigenvalue weighted by Gasteiger charge is 2.76. The molecule has 0 spiro atoms. The van der Waals surface area contributed by atoms with E-state index in [4.69, 9.17) is 4.74 Å². The zero-order valence-electron chi connectivity index (χ0n) is 11.5. The fraction of sp³-hybridized carbons (Fsp3) is 0.429. The van der Waals surface area contributed by atoms with E-state index >= 15 is 0 Å². The lowest BCUT2D eigenvalue weighted by molar-refractivity contribution is -0.147. The minimum atomic E-state index is -3.56. The van der Waals surface area contributed by atoms with Gasteiger partial charge in [0.15, 0.2) is 15.3 Å². The summed E-state index contributed by atoms with van der Waals surface area (Å²) in [6.45, 7) is 1.72. The van der Waals surface area contributed by atoms with Crippen molar-refractivity contribution >= 4 is 31.7 Å². The normalized spacial score (nSPS) is 27.7. The van der Waals surface area contributed by atoms with Gasteiger partial charge in [0.1, 0.15) is 5.25 Å². The molecule has 0 bridgehead atoms. The van der Waals surface area contributed by atoms with Crippen LogP contribution >= 0.6 is 15.9 Å². The number of esters is 1. The topological polar surface area (TPSA) is 84.2 Å². The number of hydrogen-bond acceptors (Lipinski definition) is 5. The van der Waals surface area contributed by atoms with Crippen molar-refractivity contribution in [2.24, 2.45) is 5.41 Å². The molecule has 0 N–H and O–H groups in total. The molecule has 1 aliphatic rings. The second-order valence-electron chi connectivity index (χ2n) is 4.98. The third-order valence-corrected chi connectivity index (χ3v) is 5.72. The number of carbonyl (C=O) groups is 1. The number of halogens is 1. The average molecular weight is 372 g/mol. The van der Waals surface area contributed by atoms with E-state index in [1.165, 1.54) is 0 Å². The van der Waals surface area contributed by atoms with Crippen molar-refractivity contribution in [3.63, 3.8) is 0 Å². The Kier molecular flexibility index (Phi) is 4.13. The third kappa shape index (κ3) is 2.58. The monoisotopic (exact) mass is 371 g/mol. The molecule has 2 rings (SSSR count). The van der Waals surface area contributed by atoms with Crippen LogP contribution in [0.4, 0.5) is 0 Å². The Balaban J connectivity index is 2.50. The van der Waals surface area contributed by atoms with E-state index in [0.717, 1.165) is 10.7 Å². The van der Waals surface area contributed by atoms with Crippen molar-refractivity contribution in [2.45, 2.75) is 18.1 Å². The first-order chi connectivity index (χ1) is 9.79. The van der Waals surface area contributed by atoms with E-state index in [1.54, 1.807) is 31.2 Å². The Bertz CT molecular complexity index is 707. The summed E-state index contributed by atoms with van der Waals surface area (Å²) >= 11 is 3.29. The summed E-state index contributed by atoms with van der Waals surface area (Å²) in [5.41, 5.74) is -1.000. The zero-order chi connectivity index (χ0) is 15.8. The third-order valence-electron chi connectivity index (χ3n) is 3.62. The number of nitriles is 1. The summed E-state index contributed by atoms with van der Waals surface area (Å²) in [5.74, 6) is -1.46. The number of nitrogens with zero attached hydrogens (tertiary/aromatic N) is 1. The van der Waals surface area contributed by atoms with Crippen molar-refractivity contribution in [1.29, 1.82) is 5.26 Å². The first-order valence-corrected chi connectivity index (χ1v) is 9.06. The molecular weight excluding hydrogens is 358 g/mol. The Morgan fingerprint density at radius 3 is 2.43 bits per heavy atom. The van der Waals surface area contributed by atoms with Gasteiger partial charge >= 0.3 is 5.97 Å². The van der Waals surface area contributed by atoms with Crippen LogP contribution in [-0.4, -0.2) is 32.5 Å². The van der Waals surface area contributed by atoms with Crippen LogP contribution in [0.3, 0.4) is 0 Å². The maximum atomic E-state index is 12.1. The number of rotatable bonds is 4. The second kappa shape index (κ2) is 5.43. The number of hydrogen-bond donors (Lipinski definition) is 0. The van der Waals surface area contributed by atoms with Gasteiger partial charge in [-0.25, -0.2) is 8.42 Å². The first-order valence-electron chi connectivity index (χ1n) is 6.31. The largest absolute Gasteiger partial charge is 0.465 e. The van der Waals surface area contributed by atoms with E-state index in [1.807, 2.05) is 6.07 Å². The molecule has 0 heterocycles. The molecule has 3 atom stereocenters. The molecule has 21 heavy (non-hydrogen) atoms. The highest BCUT2D eigenvalue weighted by atomic mass is 79.9. The maximum absolute atomic E-state index is 12.1. The van der Waals surface area contributed by atoms with E-state index in [2.05, 4.69) is 15.9 Å². The van der Waals surface area contributed by atoms with Gasteiger partial charge in [0, 0.05) is 16.6 Å². The van der Waals surface area contributed by atoms with Crippen molar-refractivity contribution in [1.82, 2.24) is 0 Å². The molecule has 3 unspecified atom stereocenters. The molecule has 1 saturated carbocycles. The van der Waals surface area contributed by atoms with Gasteiger partial charge in [-0.05, 0) is 24.6 Å². The summed E-state index contributed by atoms with van der Waals surface area (Å²) in [5, 5.41) is 8.39. The molecule has 1 aromatic rings. The summed E-state index contributed by atoms with van der Waals surface area (Å²) < 4.78 is 29.7. The van der Waals surface area contributed by atoms with Crippen LogP contribution in [0.25, 0.3) is 0 Å². The molecular formula is C14H14BrNO4S. The molecule has 112 valence electrons. The molecule has 0 aromatic heterocycles. The number of carbonyl (C=O) groups excluding carboxylic acids is 1. The Morgan fingerprint density at radius 1 is 1.43 bits per heavy atom. The molecule has 0 aliphatic heterocycles. The van der Waals surface area contributed by atoms with Crippen LogP contribution in [0, 0.1) is 16.7 Å². The van der Waals surface area contributed by atoms with Crippen molar-refractivity contribution in [3.8, 4) is 6.07 Å². The van der Waals surface area contributed by atoms with Crippen LogP contribution in [-0.2, 0) is 19.4 Å². The van der Waals surface area contributed by atoms with Gasteiger partial charge in [0.2, 0.25) is 0 Å². The first kappa shape index (κ1) is 16.0. The Labute approximate surface area is 132 Å². The van der Waals surface area contributed by atoms with Crippen LogP contribution < -0.4 is 0 Å². The van der Waals surface area contributed by atoms with Crippen LogP contribution in [0.5, 0.6) is 0 Å². The molecule has 1 aromatic carbocycles. The average Bonchev–Trinajstić information content (AvgIpc) is 3.10. The molecule has 1 aliphatic carbocycles. The Morgan fingerprint density at radius 2 is 2.00 bits per heavy atom. The smallest absolute Gasteiger partial charge is 0.328 e. The van der Waals surface area contributed by atoms with E-state index in [9.17, 15) is 18.5 Å². The molecule has 0 saturated heterocycles. The number of ether oxygens (including phenoxy) is 1. The lowest BCUT2D eigenvalue weighted by atomic mass is 10.0. The van der Waals surface area contributed by atoms with Gasteiger partial charge in [-0.2, -0.15) is 5.26 Å². The highest BCUT2D eigenvalue weighted by Crippen LogP contribution is 2.63. The standard InChI is InChI=1S/C14H14BrNO4S/c1-3-20-13(17)14(8-16)11(12(14)21(2,18)19)9-4-6-10(15)7-5-9/h4-7,11-12H,3H2,1-2H3. The SMILES string of the molecule is CCOC(=O)C1(C#N)C(c2ccc(Br)cc2)C1S(C)(=O)=O. The summed E-state index contributed by atoms with van der Waals surface area (Å²) in [7, 11) is -3.56. The van der Waals surface area contributed by atoms with Crippen molar-refractivity contribution in [3.05, 3.63) is 34.3 Å². The highest BCUT2D eigenvalue weighted by molar-refractivity contribution is 9.10. The van der Waals surface area contributed by atoms with Crippen LogP contribution in [0.1, 0.15) is 18.4 Å². The van der Waals surface area contributed by atoms with Crippen molar-refractivity contribution < 1.29 is 17.9 Å². The summed E-state index contributed by atoms with van der Waals surface area (Å²) in [6.07, 6.45) is 1.04. The lowest BCUT2D eigenvalue weighted by Gasteiger charge is -2.08. The molecule has 0 amide bonds. The van der Waals surface area contributed by atoms with Crippen molar-refractivity contribution in [2.75, 3.05) is 12.9 Å². The predicted octanol–water partition coefficient (Wildman–Crippen LogP) is 2.03. The fourth-order valence-corrected chi connectivity index (χ4v) is 4.74. The lowest BCUT2D eigenvalue weighted by Crippen LogP contribution is -2.24. The number of sulfone groups is 1. The quantitative estimate of drug-likeness (QED) is 0.756. The maximum Gasteiger partial charge on any atom is 0.328 e. The molecule has 7 heteroatoms. The summed E-state index contributed by atoms with van der Waals surface area (Å²) in [6, 6.07) is 8.82. The minimum absolute atomic E-state index is 0.103. The molecule has 1 fully saturated rings. The van der Waals surface area contributed by atoms with E-state index in [-0.39, 0.29) is 6.61 Å². The fourth-order valence-electron chi connectivity index (χ4n) is 2.72. The van der Waals surface area contributed by atoms with Crippen LogP contribution in [0.2, 0.25) is 0 Å². The predicted molar refractivity (Wildman–Crippen MR) is 80.2 cm³/mol. The molecule has 0 radical (unpaired) electrons. The van der Waals surface area contributed by atoms with Crippen LogP contribution in [0.15, 0.2) is 28.7 Å². The van der Waals surface area contributed by atoms with E-state index in [0.29, 0.717) is 5.56 Å². The van der Waals surface area contributed by atoms with Gasteiger partial charge in [-0.15, -0.1) is 0 Å². The Hall–Kier alpha value is -1.39. The van der Waals surface area contributed by atoms with Gasteiger partial charge in [-0.1, -0.05) is 28.1 Å². The van der Waals surface area contributed by atoms with Gasteiger partial charge < -0.3 is 4.74 Å². The zero-order valence-corrected chi connectivity index (χ0v) is 13.9. The van der Waals surface area contributed by atoms with Gasteiger partial charge in [-0.3, -0.25) is 4.79 Å². The van der Waals surface area contributed by atoms with Gasteiger partial charge in [0.25, 0.3) is 0 Å². The molecule has 5 nitrogen and oxygen atoms in total. The second-order valence-corrected chi connectivity index (χ2v) is 8.06. The number of benzene rings is 1. The van der Waals surface area contributed by atoms with E-state index < -0.39 is 32.4 Å². The minimum Gasteiger partial charge on any atom is -0.465 e. The summed E-state index contributed by atoms with van der Waals surface area (Å²) in [4.78, 5) is 12.1.